The molecule has 27 heavy (non-hydrogen) atoms. The molecule has 1 heterocycles. The van der Waals surface area contributed by atoms with Crippen LogP contribution in [0.1, 0.15) is 40.2 Å². The second-order valence-electron chi connectivity index (χ2n) is 7.00. The largest absolute Gasteiger partial charge is 0.333 e. The van der Waals surface area contributed by atoms with Gasteiger partial charge in [-0.15, -0.1) is 10.2 Å². The summed E-state index contributed by atoms with van der Waals surface area (Å²) in [5, 5.41) is 16.6. The minimum Gasteiger partial charge on any atom is -0.333 e. The number of nitrogens with zero attached hydrogens (tertiary/aromatic N) is 2. The predicted octanol–water partition coefficient (Wildman–Crippen LogP) is 3.95. The van der Waals surface area contributed by atoms with E-state index in [1.54, 1.807) is 6.92 Å². The van der Waals surface area contributed by atoms with Crippen LogP contribution >= 0.6 is 23.1 Å². The average Bonchev–Trinajstić information content (AvgIpc) is 3.00. The SMILES string of the molecule is CCc1ccc(Nc2nnc(S[C@@H](C)C(=O)NC(=O)NC(C)(C)C)s2)cc1. The molecule has 0 saturated carbocycles. The highest BCUT2D eigenvalue weighted by molar-refractivity contribution is 8.02. The van der Waals surface area contributed by atoms with E-state index >= 15 is 0 Å². The molecule has 0 radical (unpaired) electrons. The number of imide groups is 1. The summed E-state index contributed by atoms with van der Waals surface area (Å²) in [5.74, 6) is -0.374. The quantitative estimate of drug-likeness (QED) is 0.628. The maximum atomic E-state index is 12.1. The van der Waals surface area contributed by atoms with Crippen molar-refractivity contribution in [2.24, 2.45) is 0 Å². The van der Waals surface area contributed by atoms with Crippen molar-refractivity contribution in [3.63, 3.8) is 0 Å². The first-order chi connectivity index (χ1) is 12.7. The fourth-order valence-electron chi connectivity index (χ4n) is 2.05. The predicted molar refractivity (Wildman–Crippen MR) is 111 cm³/mol. The van der Waals surface area contributed by atoms with Gasteiger partial charge in [-0.3, -0.25) is 10.1 Å². The smallest absolute Gasteiger partial charge is 0.321 e. The van der Waals surface area contributed by atoms with Crippen molar-refractivity contribution >= 4 is 45.9 Å². The Morgan fingerprint density at radius 1 is 1.19 bits per heavy atom. The first kappa shape index (κ1) is 21.2. The molecule has 1 atom stereocenters. The standard InChI is InChI=1S/C18H25N5O2S2/c1-6-12-7-9-13(10-8-12)19-16-22-23-17(27-16)26-11(2)14(24)20-15(25)21-18(3,4)5/h7-11H,6H2,1-5H3,(H,19,22)(H2,20,21,24,25)/t11-/m0/s1. The number of urea groups is 1. The van der Waals surface area contributed by atoms with Gasteiger partial charge in [0.25, 0.3) is 0 Å². The monoisotopic (exact) mass is 407 g/mol. The van der Waals surface area contributed by atoms with E-state index < -0.39 is 16.8 Å². The maximum Gasteiger partial charge on any atom is 0.321 e. The zero-order valence-corrected chi connectivity index (χ0v) is 17.8. The van der Waals surface area contributed by atoms with Gasteiger partial charge in [0.15, 0.2) is 4.34 Å². The molecule has 0 aliphatic rings. The van der Waals surface area contributed by atoms with Crippen molar-refractivity contribution in [2.75, 3.05) is 5.32 Å². The second kappa shape index (κ2) is 9.18. The lowest BCUT2D eigenvalue weighted by molar-refractivity contribution is -0.119. The number of amides is 3. The van der Waals surface area contributed by atoms with E-state index in [4.69, 9.17) is 0 Å². The molecule has 2 aromatic rings. The van der Waals surface area contributed by atoms with Gasteiger partial charge in [0.1, 0.15) is 0 Å². The van der Waals surface area contributed by atoms with E-state index in [0.29, 0.717) is 9.47 Å². The summed E-state index contributed by atoms with van der Waals surface area (Å²) in [6, 6.07) is 7.62. The summed E-state index contributed by atoms with van der Waals surface area (Å²) < 4.78 is 0.654. The van der Waals surface area contributed by atoms with Crippen LogP contribution in [0.25, 0.3) is 0 Å². The highest BCUT2D eigenvalue weighted by Gasteiger charge is 2.21. The molecule has 0 spiro atoms. The second-order valence-corrected chi connectivity index (χ2v) is 9.57. The summed E-state index contributed by atoms with van der Waals surface area (Å²) in [6.07, 6.45) is 0.994. The number of nitrogens with one attached hydrogen (secondary N) is 3. The first-order valence-electron chi connectivity index (χ1n) is 8.65. The lowest BCUT2D eigenvalue weighted by Gasteiger charge is -2.20. The van der Waals surface area contributed by atoms with E-state index in [-0.39, 0.29) is 5.91 Å². The molecule has 146 valence electrons. The number of hydrogen-bond donors (Lipinski definition) is 3. The van der Waals surface area contributed by atoms with E-state index in [2.05, 4.69) is 45.2 Å². The Balaban J connectivity index is 1.88. The molecule has 0 bridgehead atoms. The van der Waals surface area contributed by atoms with Crippen molar-refractivity contribution in [3.8, 4) is 0 Å². The van der Waals surface area contributed by atoms with Crippen LogP contribution in [-0.2, 0) is 11.2 Å². The third-order valence-corrected chi connectivity index (χ3v) is 5.41. The number of thioether (sulfide) groups is 1. The molecule has 3 N–H and O–H groups in total. The third-order valence-electron chi connectivity index (χ3n) is 3.39. The molecule has 1 aromatic carbocycles. The Morgan fingerprint density at radius 3 is 2.44 bits per heavy atom. The molecule has 0 unspecified atom stereocenters. The average molecular weight is 408 g/mol. The topological polar surface area (TPSA) is 96.0 Å². The van der Waals surface area contributed by atoms with Crippen LogP contribution in [0.3, 0.4) is 0 Å². The Morgan fingerprint density at radius 2 is 1.85 bits per heavy atom. The molecular formula is C18H25N5O2S2. The Kier molecular flexibility index (Phi) is 7.20. The number of carbonyl (C=O) groups excluding carboxylic acids is 2. The molecule has 0 aliphatic heterocycles. The highest BCUT2D eigenvalue weighted by Crippen LogP contribution is 2.30. The fraction of sp³-hybridized carbons (Fsp3) is 0.444. The Bertz CT molecular complexity index is 784. The summed E-state index contributed by atoms with van der Waals surface area (Å²) >= 11 is 2.62. The summed E-state index contributed by atoms with van der Waals surface area (Å²) in [5.41, 5.74) is 1.80. The van der Waals surface area contributed by atoms with Gasteiger partial charge in [-0.2, -0.15) is 0 Å². The van der Waals surface area contributed by atoms with Gasteiger partial charge in [-0.05, 0) is 51.8 Å². The molecule has 3 amide bonds. The van der Waals surface area contributed by atoms with Crippen molar-refractivity contribution in [2.45, 2.75) is 56.2 Å². The molecule has 0 saturated heterocycles. The van der Waals surface area contributed by atoms with Gasteiger partial charge in [0.05, 0.1) is 5.25 Å². The van der Waals surface area contributed by atoms with E-state index in [1.165, 1.54) is 28.7 Å². The number of carbonyl (C=O) groups is 2. The van der Waals surface area contributed by atoms with Crippen LogP contribution in [0.4, 0.5) is 15.6 Å². The lowest BCUT2D eigenvalue weighted by atomic mass is 10.1. The van der Waals surface area contributed by atoms with Crippen LogP contribution in [0.2, 0.25) is 0 Å². The molecule has 0 aliphatic carbocycles. The van der Waals surface area contributed by atoms with E-state index in [9.17, 15) is 9.59 Å². The number of anilines is 2. The van der Waals surface area contributed by atoms with Crippen LogP contribution in [0.15, 0.2) is 28.6 Å². The van der Waals surface area contributed by atoms with Crippen LogP contribution in [0.5, 0.6) is 0 Å². The summed E-state index contributed by atoms with van der Waals surface area (Å²) in [4.78, 5) is 23.9. The van der Waals surface area contributed by atoms with Gasteiger partial charge < -0.3 is 10.6 Å². The zero-order valence-electron chi connectivity index (χ0n) is 16.1. The minimum absolute atomic E-state index is 0.374. The molecule has 7 nitrogen and oxygen atoms in total. The molecular weight excluding hydrogens is 382 g/mol. The Hall–Kier alpha value is -2.13. The highest BCUT2D eigenvalue weighted by atomic mass is 32.2. The van der Waals surface area contributed by atoms with Gasteiger partial charge >= 0.3 is 6.03 Å². The number of aromatic nitrogens is 2. The minimum atomic E-state index is -0.505. The van der Waals surface area contributed by atoms with E-state index in [1.807, 2.05) is 32.9 Å². The van der Waals surface area contributed by atoms with Crippen molar-refractivity contribution < 1.29 is 9.59 Å². The number of hydrogen-bond acceptors (Lipinski definition) is 7. The van der Waals surface area contributed by atoms with Gasteiger partial charge in [0, 0.05) is 11.2 Å². The van der Waals surface area contributed by atoms with Gasteiger partial charge in [0.2, 0.25) is 11.0 Å². The number of aryl methyl sites for hydroxylation is 1. The van der Waals surface area contributed by atoms with Crippen molar-refractivity contribution in [1.82, 2.24) is 20.8 Å². The summed E-state index contributed by atoms with van der Waals surface area (Å²) in [7, 11) is 0. The van der Waals surface area contributed by atoms with Crippen molar-refractivity contribution in [1.29, 1.82) is 0 Å². The fourth-order valence-corrected chi connectivity index (χ4v) is 3.96. The third kappa shape index (κ3) is 7.18. The molecule has 0 fully saturated rings. The van der Waals surface area contributed by atoms with Crippen LogP contribution in [-0.4, -0.2) is 32.9 Å². The van der Waals surface area contributed by atoms with Crippen LogP contribution in [0, 0.1) is 0 Å². The normalized spacial score (nSPS) is 12.3. The molecule has 2 rings (SSSR count). The van der Waals surface area contributed by atoms with Gasteiger partial charge in [-0.1, -0.05) is 42.2 Å². The number of rotatable bonds is 6. The maximum absolute atomic E-state index is 12.1. The molecule has 9 heteroatoms. The Labute approximate surface area is 167 Å². The summed E-state index contributed by atoms with van der Waals surface area (Å²) in [6.45, 7) is 9.38. The zero-order chi connectivity index (χ0) is 20.0. The van der Waals surface area contributed by atoms with E-state index in [0.717, 1.165) is 12.1 Å². The van der Waals surface area contributed by atoms with Gasteiger partial charge in [-0.25, -0.2) is 4.79 Å². The van der Waals surface area contributed by atoms with Crippen LogP contribution < -0.4 is 16.0 Å². The molecule has 1 aromatic heterocycles. The first-order valence-corrected chi connectivity index (χ1v) is 10.3. The van der Waals surface area contributed by atoms with Crippen molar-refractivity contribution in [3.05, 3.63) is 29.8 Å². The lowest BCUT2D eigenvalue weighted by Crippen LogP contribution is -2.49. The number of benzene rings is 1.